The number of aryl methyl sites for hydroxylation is 1. The van der Waals surface area contributed by atoms with Crippen molar-refractivity contribution in [1.82, 2.24) is 24.2 Å². The van der Waals surface area contributed by atoms with E-state index in [2.05, 4.69) is 63.8 Å². The molecule has 33 heavy (non-hydrogen) atoms. The second-order valence-electron chi connectivity index (χ2n) is 9.32. The number of hydrogen-bond acceptors (Lipinski definition) is 7. The molecule has 0 amide bonds. The zero-order valence-electron chi connectivity index (χ0n) is 19.3. The monoisotopic (exact) mass is 467 g/mol. The van der Waals surface area contributed by atoms with Gasteiger partial charge in [-0.2, -0.15) is 0 Å². The SMILES string of the molecule is CC[C@H]1O[C@@H](n2cnc3c(C)ncnc32)C[C@H]1O[P@@]1O[C@](C)(c2ccccc2)[C@@H]2CCCN21. The highest BCUT2D eigenvalue weighted by molar-refractivity contribution is 7.45. The molecule has 1 aromatic carbocycles. The molecular weight excluding hydrogens is 437 g/mol. The number of fused-ring (bicyclic) bond motifs is 2. The van der Waals surface area contributed by atoms with Gasteiger partial charge in [0.15, 0.2) is 5.65 Å². The molecule has 0 unspecified atom stereocenters. The first-order chi connectivity index (χ1) is 16.1. The highest BCUT2D eigenvalue weighted by atomic mass is 31.2. The van der Waals surface area contributed by atoms with Crippen LogP contribution in [0.15, 0.2) is 43.0 Å². The second kappa shape index (κ2) is 8.36. The van der Waals surface area contributed by atoms with Crippen molar-refractivity contribution in [3.8, 4) is 0 Å². The molecule has 0 spiro atoms. The van der Waals surface area contributed by atoms with E-state index in [1.165, 1.54) is 12.0 Å². The molecule has 3 aliphatic rings. The average molecular weight is 468 g/mol. The van der Waals surface area contributed by atoms with Crippen LogP contribution in [0.5, 0.6) is 0 Å². The van der Waals surface area contributed by atoms with Crippen molar-refractivity contribution in [2.45, 2.75) is 76.5 Å². The molecule has 3 fully saturated rings. The van der Waals surface area contributed by atoms with Crippen molar-refractivity contribution in [2.75, 3.05) is 6.54 Å². The van der Waals surface area contributed by atoms with Gasteiger partial charge < -0.3 is 13.8 Å². The van der Waals surface area contributed by atoms with E-state index >= 15 is 0 Å². The molecule has 0 radical (unpaired) electrons. The number of nitrogens with zero attached hydrogens (tertiary/aromatic N) is 5. The maximum atomic E-state index is 6.75. The first-order valence-corrected chi connectivity index (χ1v) is 13.0. The van der Waals surface area contributed by atoms with Crippen molar-refractivity contribution in [3.05, 3.63) is 54.2 Å². The van der Waals surface area contributed by atoms with Crippen molar-refractivity contribution >= 4 is 19.7 Å². The third-order valence-corrected chi connectivity index (χ3v) is 9.23. The molecule has 8 nitrogen and oxygen atoms in total. The number of rotatable bonds is 5. The minimum Gasteiger partial charge on any atom is -0.352 e. The van der Waals surface area contributed by atoms with E-state index in [1.807, 2.05) is 17.8 Å². The fraction of sp³-hybridized carbons (Fsp3) is 0.542. The summed E-state index contributed by atoms with van der Waals surface area (Å²) in [7, 11) is -1.15. The normalized spacial score (nSPS) is 34.3. The van der Waals surface area contributed by atoms with Crippen molar-refractivity contribution < 1.29 is 13.8 Å². The molecule has 174 valence electrons. The van der Waals surface area contributed by atoms with E-state index in [9.17, 15) is 0 Å². The topological polar surface area (TPSA) is 74.5 Å². The van der Waals surface area contributed by atoms with Crippen LogP contribution in [0, 0.1) is 6.92 Å². The Morgan fingerprint density at radius 2 is 2.06 bits per heavy atom. The summed E-state index contributed by atoms with van der Waals surface area (Å²) in [5, 5.41) is 0. The number of aromatic nitrogens is 4. The fourth-order valence-electron chi connectivity index (χ4n) is 5.52. The Labute approximate surface area is 195 Å². The number of benzene rings is 1. The predicted octanol–water partition coefficient (Wildman–Crippen LogP) is 4.85. The first kappa shape index (κ1) is 21.6. The van der Waals surface area contributed by atoms with Crippen LogP contribution < -0.4 is 0 Å². The van der Waals surface area contributed by atoms with Crippen LogP contribution >= 0.6 is 8.53 Å². The van der Waals surface area contributed by atoms with E-state index in [-0.39, 0.29) is 24.0 Å². The summed E-state index contributed by atoms with van der Waals surface area (Å²) < 4.78 is 24.4. The fourth-order valence-corrected chi connectivity index (χ4v) is 7.66. The van der Waals surface area contributed by atoms with Gasteiger partial charge in [0, 0.05) is 13.0 Å². The molecule has 0 aliphatic carbocycles. The van der Waals surface area contributed by atoms with Gasteiger partial charge in [-0.25, -0.2) is 19.6 Å². The van der Waals surface area contributed by atoms with Gasteiger partial charge in [-0.05, 0) is 38.7 Å². The average Bonchev–Trinajstić information content (AvgIpc) is 3.60. The summed E-state index contributed by atoms with van der Waals surface area (Å²) in [6, 6.07) is 10.9. The zero-order valence-corrected chi connectivity index (χ0v) is 20.2. The molecule has 0 bridgehead atoms. The molecule has 3 saturated heterocycles. The van der Waals surface area contributed by atoms with E-state index in [0.717, 1.165) is 42.7 Å². The van der Waals surface area contributed by atoms with Crippen LogP contribution in [0.25, 0.3) is 11.2 Å². The second-order valence-corrected chi connectivity index (χ2v) is 10.7. The largest absolute Gasteiger partial charge is 0.352 e. The Morgan fingerprint density at radius 1 is 1.21 bits per heavy atom. The summed E-state index contributed by atoms with van der Waals surface area (Å²) in [6.45, 7) is 7.35. The van der Waals surface area contributed by atoms with Gasteiger partial charge in [0.05, 0.1) is 30.3 Å². The Kier molecular flexibility index (Phi) is 5.46. The maximum Gasteiger partial charge on any atom is 0.260 e. The summed E-state index contributed by atoms with van der Waals surface area (Å²) in [6.07, 6.45) is 7.15. The molecule has 2 aromatic heterocycles. The smallest absolute Gasteiger partial charge is 0.260 e. The van der Waals surface area contributed by atoms with Gasteiger partial charge in [-0.3, -0.25) is 4.57 Å². The van der Waals surface area contributed by atoms with Gasteiger partial charge in [0.2, 0.25) is 0 Å². The Bertz CT molecular complexity index is 1140. The van der Waals surface area contributed by atoms with Gasteiger partial charge >= 0.3 is 0 Å². The molecule has 0 N–H and O–H groups in total. The number of imidazole rings is 1. The van der Waals surface area contributed by atoms with Crippen LogP contribution in [0.4, 0.5) is 0 Å². The van der Waals surface area contributed by atoms with Crippen molar-refractivity contribution in [1.29, 1.82) is 0 Å². The van der Waals surface area contributed by atoms with Gasteiger partial charge in [-0.15, -0.1) is 0 Å². The van der Waals surface area contributed by atoms with Crippen LogP contribution in [0.2, 0.25) is 0 Å². The summed E-state index contributed by atoms with van der Waals surface area (Å²) in [4.78, 5) is 13.2. The maximum absolute atomic E-state index is 6.75. The Balaban J connectivity index is 1.24. The van der Waals surface area contributed by atoms with Gasteiger partial charge in [-0.1, -0.05) is 37.3 Å². The lowest BCUT2D eigenvalue weighted by Gasteiger charge is -2.29. The van der Waals surface area contributed by atoms with Gasteiger partial charge in [0.25, 0.3) is 8.53 Å². The highest BCUT2D eigenvalue weighted by Gasteiger charge is 2.56. The molecular formula is C24H30N5O3P. The third-order valence-electron chi connectivity index (χ3n) is 7.35. The quantitative estimate of drug-likeness (QED) is 0.497. The molecule has 6 rings (SSSR count). The zero-order chi connectivity index (χ0) is 22.6. The van der Waals surface area contributed by atoms with Crippen LogP contribution in [0.3, 0.4) is 0 Å². The van der Waals surface area contributed by atoms with Crippen LogP contribution in [-0.2, 0) is 19.4 Å². The summed E-state index contributed by atoms with van der Waals surface area (Å²) >= 11 is 0. The van der Waals surface area contributed by atoms with E-state index in [4.69, 9.17) is 13.8 Å². The van der Waals surface area contributed by atoms with E-state index in [1.54, 1.807) is 6.33 Å². The molecule has 3 aliphatic heterocycles. The van der Waals surface area contributed by atoms with Crippen LogP contribution in [-0.4, -0.2) is 49.0 Å². The lowest BCUT2D eigenvalue weighted by molar-refractivity contribution is -0.0163. The minimum atomic E-state index is -1.15. The van der Waals surface area contributed by atoms with Crippen LogP contribution in [0.1, 0.15) is 57.0 Å². The molecule has 9 heteroatoms. The standard InChI is InChI=1S/C24H30N5O3P/c1-4-18-19(13-21(30-18)28-15-27-22-16(2)25-14-26-23(22)28)31-33-29-12-8-11-20(29)24(3,32-33)17-9-6-5-7-10-17/h5-7,9-10,14-15,18-21H,4,8,11-13H2,1-3H3/t18-,19-,20+,21-,24-,33+/m1/s1. The van der Waals surface area contributed by atoms with Crippen molar-refractivity contribution in [3.63, 3.8) is 0 Å². The molecule has 0 saturated carbocycles. The Morgan fingerprint density at radius 3 is 2.88 bits per heavy atom. The number of ether oxygens (including phenoxy) is 1. The van der Waals surface area contributed by atoms with Crippen molar-refractivity contribution in [2.24, 2.45) is 0 Å². The lowest BCUT2D eigenvalue weighted by Crippen LogP contribution is -2.36. The Hall–Kier alpha value is -1.96. The third kappa shape index (κ3) is 3.51. The van der Waals surface area contributed by atoms with E-state index in [0.29, 0.717) is 6.04 Å². The molecule has 6 atom stereocenters. The minimum absolute atomic E-state index is 0.00567. The first-order valence-electron chi connectivity index (χ1n) is 11.9. The van der Waals surface area contributed by atoms with E-state index < -0.39 is 8.53 Å². The molecule has 5 heterocycles. The summed E-state index contributed by atoms with van der Waals surface area (Å²) in [5.74, 6) is 0. The lowest BCUT2D eigenvalue weighted by atomic mass is 9.87. The number of hydrogen-bond donors (Lipinski definition) is 0. The molecule has 3 aromatic rings. The summed E-state index contributed by atoms with van der Waals surface area (Å²) in [5.41, 5.74) is 3.38. The highest BCUT2D eigenvalue weighted by Crippen LogP contribution is 2.64. The van der Waals surface area contributed by atoms with Gasteiger partial charge in [0.1, 0.15) is 23.7 Å². The predicted molar refractivity (Wildman–Crippen MR) is 125 cm³/mol.